The molecule has 0 unspecified atom stereocenters. The Morgan fingerprint density at radius 1 is 0.390 bits per heavy atom. The molecule has 0 amide bonds. The Balaban J connectivity index is 1.73. The first-order valence-electron chi connectivity index (χ1n) is 13.9. The molecule has 0 aliphatic heterocycles. The predicted molar refractivity (Wildman–Crippen MR) is 168 cm³/mol. The molecule has 0 spiro atoms. The average Bonchev–Trinajstić information content (AvgIpc) is 3.01. The number of phenolic OH excluding ortho intramolecular Hbond substituents is 2. The number of rotatable bonds is 6. The quantitative estimate of drug-likeness (QED) is 0.210. The molecule has 0 aromatic heterocycles. The van der Waals surface area contributed by atoms with Crippen molar-refractivity contribution in [2.45, 2.75) is 19.3 Å². The van der Waals surface area contributed by atoms with E-state index in [-0.39, 0.29) is 11.5 Å². The molecule has 6 aromatic carbocycles. The summed E-state index contributed by atoms with van der Waals surface area (Å²) in [5.41, 5.74) is 9.29. The van der Waals surface area contributed by atoms with Crippen molar-refractivity contribution in [3.05, 3.63) is 179 Å². The van der Waals surface area contributed by atoms with Gasteiger partial charge in [-0.05, 0) is 71.5 Å². The summed E-state index contributed by atoms with van der Waals surface area (Å²) in [4.78, 5) is 0. The van der Waals surface area contributed by atoms with Crippen molar-refractivity contribution in [2.75, 3.05) is 0 Å². The lowest BCUT2D eigenvalue weighted by atomic mass is 9.64. The highest BCUT2D eigenvalue weighted by Crippen LogP contribution is 2.49. The Kier molecular flexibility index (Phi) is 6.91. The van der Waals surface area contributed by atoms with Crippen molar-refractivity contribution < 1.29 is 10.2 Å². The van der Waals surface area contributed by atoms with Gasteiger partial charge >= 0.3 is 0 Å². The van der Waals surface area contributed by atoms with E-state index in [4.69, 9.17) is 0 Å². The summed E-state index contributed by atoms with van der Waals surface area (Å²) in [6, 6.07) is 49.2. The Morgan fingerprint density at radius 2 is 0.732 bits per heavy atom. The van der Waals surface area contributed by atoms with Crippen LogP contribution in [-0.4, -0.2) is 10.2 Å². The lowest BCUT2D eigenvalue weighted by Crippen LogP contribution is -2.31. The van der Waals surface area contributed by atoms with Gasteiger partial charge in [-0.3, -0.25) is 0 Å². The van der Waals surface area contributed by atoms with Gasteiger partial charge in [0.1, 0.15) is 11.5 Å². The second-order valence-corrected chi connectivity index (χ2v) is 10.7. The first-order chi connectivity index (χ1) is 20.0. The van der Waals surface area contributed by atoms with E-state index in [1.807, 2.05) is 72.8 Å². The second kappa shape index (κ2) is 10.8. The van der Waals surface area contributed by atoms with Gasteiger partial charge in [0, 0.05) is 11.1 Å². The zero-order valence-electron chi connectivity index (χ0n) is 23.3. The van der Waals surface area contributed by atoms with Crippen molar-refractivity contribution in [3.63, 3.8) is 0 Å². The van der Waals surface area contributed by atoms with E-state index in [0.717, 1.165) is 44.5 Å². The molecule has 6 rings (SSSR count). The summed E-state index contributed by atoms with van der Waals surface area (Å²) in [7, 11) is 0. The van der Waals surface area contributed by atoms with Crippen LogP contribution in [0.3, 0.4) is 0 Å². The number of aromatic hydroxyl groups is 2. The number of aryl methyl sites for hydroxylation is 2. The van der Waals surface area contributed by atoms with Crippen LogP contribution in [0.25, 0.3) is 22.3 Å². The molecule has 0 heterocycles. The molecule has 0 radical (unpaired) electrons. The summed E-state index contributed by atoms with van der Waals surface area (Å²) in [5.74, 6) is 0.467. The van der Waals surface area contributed by atoms with Gasteiger partial charge in [0.25, 0.3) is 0 Å². The molecule has 0 saturated heterocycles. The molecule has 6 aromatic rings. The molecule has 200 valence electrons. The van der Waals surface area contributed by atoms with Crippen LogP contribution in [0, 0.1) is 13.8 Å². The van der Waals surface area contributed by atoms with Crippen molar-refractivity contribution >= 4 is 0 Å². The standard InChI is InChI=1S/C39H32O2/c1-27-13-17-31(18-14-27)39(32-19-15-28(2)16-20-32,33-21-23-37(40)35(25-33)29-9-5-3-6-10-29)34-22-24-38(41)36(26-34)30-11-7-4-8-12-30/h3-26,40-41H,1-2H3. The van der Waals surface area contributed by atoms with E-state index in [1.165, 1.54) is 11.1 Å². The van der Waals surface area contributed by atoms with Gasteiger partial charge in [0.05, 0.1) is 5.41 Å². The van der Waals surface area contributed by atoms with Crippen LogP contribution in [-0.2, 0) is 5.41 Å². The molecule has 2 N–H and O–H groups in total. The maximum Gasteiger partial charge on any atom is 0.123 e. The maximum absolute atomic E-state index is 11.0. The minimum atomic E-state index is -0.740. The highest BCUT2D eigenvalue weighted by atomic mass is 16.3. The SMILES string of the molecule is Cc1ccc(C(c2ccc(C)cc2)(c2ccc(O)c(-c3ccccc3)c2)c2ccc(O)c(-c3ccccc3)c2)cc1. The second-order valence-electron chi connectivity index (χ2n) is 10.7. The minimum absolute atomic E-state index is 0.234. The first-order valence-corrected chi connectivity index (χ1v) is 13.9. The van der Waals surface area contributed by atoms with Crippen LogP contribution < -0.4 is 0 Å². The largest absolute Gasteiger partial charge is 0.507 e. The van der Waals surface area contributed by atoms with Gasteiger partial charge in [-0.1, -0.05) is 132 Å². The third-order valence-electron chi connectivity index (χ3n) is 8.00. The fourth-order valence-electron chi connectivity index (χ4n) is 5.84. The first kappa shape index (κ1) is 26.2. The van der Waals surface area contributed by atoms with E-state index in [1.54, 1.807) is 12.1 Å². The van der Waals surface area contributed by atoms with Crippen LogP contribution in [0.5, 0.6) is 11.5 Å². The van der Waals surface area contributed by atoms with Crippen molar-refractivity contribution in [1.82, 2.24) is 0 Å². The van der Waals surface area contributed by atoms with Gasteiger partial charge in [-0.15, -0.1) is 0 Å². The molecule has 0 aliphatic rings. The Morgan fingerprint density at radius 3 is 1.10 bits per heavy atom. The van der Waals surface area contributed by atoms with Crippen molar-refractivity contribution in [3.8, 4) is 33.8 Å². The summed E-state index contributed by atoms with van der Waals surface area (Å²) in [6.07, 6.45) is 0. The third kappa shape index (κ3) is 4.79. The van der Waals surface area contributed by atoms with Crippen LogP contribution >= 0.6 is 0 Å². The van der Waals surface area contributed by atoms with E-state index in [2.05, 4.69) is 74.5 Å². The average molecular weight is 533 g/mol. The summed E-state index contributed by atoms with van der Waals surface area (Å²) in [6.45, 7) is 4.19. The van der Waals surface area contributed by atoms with Crippen LogP contribution in [0.2, 0.25) is 0 Å². The zero-order valence-corrected chi connectivity index (χ0v) is 23.3. The molecule has 2 heteroatoms. The number of hydrogen-bond donors (Lipinski definition) is 2. The van der Waals surface area contributed by atoms with Crippen LogP contribution in [0.4, 0.5) is 0 Å². The fraction of sp³-hybridized carbons (Fsp3) is 0.0769. The smallest absolute Gasteiger partial charge is 0.123 e. The Bertz CT molecular complexity index is 1650. The lowest BCUT2D eigenvalue weighted by molar-refractivity contribution is 0.476. The monoisotopic (exact) mass is 532 g/mol. The third-order valence-corrected chi connectivity index (χ3v) is 8.00. The highest BCUT2D eigenvalue weighted by molar-refractivity contribution is 5.76. The molecular formula is C39H32O2. The minimum Gasteiger partial charge on any atom is -0.507 e. The molecule has 0 saturated carbocycles. The van der Waals surface area contributed by atoms with Gasteiger partial charge in [-0.2, -0.15) is 0 Å². The van der Waals surface area contributed by atoms with Crippen molar-refractivity contribution in [1.29, 1.82) is 0 Å². The van der Waals surface area contributed by atoms with Crippen LogP contribution in [0.1, 0.15) is 33.4 Å². The van der Waals surface area contributed by atoms with Crippen LogP contribution in [0.15, 0.2) is 146 Å². The normalized spacial score (nSPS) is 11.4. The van der Waals surface area contributed by atoms with E-state index in [0.29, 0.717) is 0 Å². The Labute approximate surface area is 241 Å². The molecular weight excluding hydrogens is 500 g/mol. The van der Waals surface area contributed by atoms with Gasteiger partial charge < -0.3 is 10.2 Å². The lowest BCUT2D eigenvalue weighted by Gasteiger charge is -2.37. The summed E-state index contributed by atoms with van der Waals surface area (Å²) < 4.78 is 0. The molecule has 0 bridgehead atoms. The fourth-order valence-corrected chi connectivity index (χ4v) is 5.84. The van der Waals surface area contributed by atoms with Gasteiger partial charge in [0.15, 0.2) is 0 Å². The maximum atomic E-state index is 11.0. The topological polar surface area (TPSA) is 40.5 Å². The summed E-state index contributed by atoms with van der Waals surface area (Å²) >= 11 is 0. The number of benzene rings is 6. The molecule has 41 heavy (non-hydrogen) atoms. The molecule has 0 fully saturated rings. The Hall–Kier alpha value is -5.08. The number of phenols is 2. The zero-order chi connectivity index (χ0) is 28.4. The highest BCUT2D eigenvalue weighted by Gasteiger charge is 2.39. The van der Waals surface area contributed by atoms with Crippen molar-refractivity contribution in [2.24, 2.45) is 0 Å². The molecule has 0 aliphatic carbocycles. The van der Waals surface area contributed by atoms with Gasteiger partial charge in [0.2, 0.25) is 0 Å². The van der Waals surface area contributed by atoms with Gasteiger partial charge in [-0.25, -0.2) is 0 Å². The van der Waals surface area contributed by atoms with E-state index in [9.17, 15) is 10.2 Å². The number of hydrogen-bond acceptors (Lipinski definition) is 2. The molecule has 0 atom stereocenters. The van der Waals surface area contributed by atoms with E-state index >= 15 is 0 Å². The predicted octanol–water partition coefficient (Wildman–Crippen LogP) is 9.43. The summed E-state index contributed by atoms with van der Waals surface area (Å²) in [5, 5.41) is 22.1. The molecule has 2 nitrogen and oxygen atoms in total. The van der Waals surface area contributed by atoms with E-state index < -0.39 is 5.41 Å².